The average Bonchev–Trinajstić information content (AvgIpc) is 3.26. The molecule has 3 heterocycles. The number of imide groups is 1. The van der Waals surface area contributed by atoms with E-state index in [0.717, 1.165) is 21.8 Å². The van der Waals surface area contributed by atoms with Gasteiger partial charge in [-0.15, -0.1) is 0 Å². The van der Waals surface area contributed by atoms with Gasteiger partial charge in [0, 0.05) is 30.8 Å². The Morgan fingerprint density at radius 1 is 1.05 bits per heavy atom. The summed E-state index contributed by atoms with van der Waals surface area (Å²) in [6.07, 6.45) is 0. The van der Waals surface area contributed by atoms with E-state index in [9.17, 15) is 44.3 Å². The minimum absolute atomic E-state index is 0.0385. The van der Waals surface area contributed by atoms with Gasteiger partial charge in [-0.2, -0.15) is 0 Å². The molecule has 13 nitrogen and oxygen atoms in total. The fourth-order valence-corrected chi connectivity index (χ4v) is 5.29. The van der Waals surface area contributed by atoms with Gasteiger partial charge < -0.3 is 35.0 Å². The Morgan fingerprint density at radius 3 is 2.41 bits per heavy atom. The highest BCUT2D eigenvalue weighted by Gasteiger charge is 2.71. The lowest BCUT2D eigenvalue weighted by Crippen LogP contribution is -2.86. The van der Waals surface area contributed by atoms with E-state index in [2.05, 4.69) is 0 Å². The van der Waals surface area contributed by atoms with E-state index in [1.165, 1.54) is 30.3 Å². The molecule has 3 unspecified atom stereocenters. The van der Waals surface area contributed by atoms with Crippen LogP contribution in [0.4, 0.5) is 4.39 Å². The summed E-state index contributed by atoms with van der Waals surface area (Å²) in [5, 5.41) is 56.6. The van der Waals surface area contributed by atoms with Crippen LogP contribution in [-0.2, 0) is 33.4 Å². The summed E-state index contributed by atoms with van der Waals surface area (Å²) in [7, 11) is 1.70. The van der Waals surface area contributed by atoms with Crippen LogP contribution in [0.1, 0.15) is 27.0 Å². The molecule has 3 aliphatic rings. The number of nitrogens with one attached hydrogen (secondary N) is 1. The number of hydrogen-bond donors (Lipinski definition) is 6. The maximum absolute atomic E-state index is 14.8. The Balaban J connectivity index is 1.45. The highest BCUT2D eigenvalue weighted by atomic mass is 19.1. The van der Waals surface area contributed by atoms with Crippen molar-refractivity contribution in [1.82, 2.24) is 15.1 Å². The zero-order valence-electron chi connectivity index (χ0n) is 22.3. The van der Waals surface area contributed by atoms with Gasteiger partial charge in [-0.25, -0.2) is 4.39 Å². The van der Waals surface area contributed by atoms with Crippen LogP contribution >= 0.6 is 0 Å². The zero-order chi connectivity index (χ0) is 30.0. The number of amides is 3. The average molecular weight is 571 g/mol. The number of rotatable bonds is 6. The number of nitrogens with zero attached hydrogens (tertiary/aromatic N) is 2. The molecule has 0 aromatic heterocycles. The fraction of sp³-hybridized carbons (Fsp3) is 0.400. The molecule has 6 N–H and O–H groups in total. The quantitative estimate of drug-likeness (QED) is 0.112. The number of piperidine rings is 1. The lowest BCUT2D eigenvalue weighted by Gasteiger charge is -2.53. The van der Waals surface area contributed by atoms with Crippen molar-refractivity contribution in [2.45, 2.75) is 35.8 Å². The molecule has 0 aliphatic carbocycles. The van der Waals surface area contributed by atoms with E-state index in [-0.39, 0.29) is 16.9 Å². The van der Waals surface area contributed by atoms with E-state index >= 15 is 0 Å². The second-order valence-corrected chi connectivity index (χ2v) is 10.7. The van der Waals surface area contributed by atoms with Gasteiger partial charge in [0.1, 0.15) is 22.6 Å². The molecule has 0 spiro atoms. The second kappa shape index (κ2) is 9.87. The second-order valence-electron chi connectivity index (χ2n) is 10.7. The van der Waals surface area contributed by atoms with Crippen molar-refractivity contribution in [3.63, 3.8) is 0 Å². The minimum atomic E-state index is -3.21. The maximum Gasteiger partial charge on any atom is 0.354 e. The summed E-state index contributed by atoms with van der Waals surface area (Å²) in [5.74, 6) is -8.22. The molecule has 5 rings (SSSR count). The predicted molar refractivity (Wildman–Crippen MR) is 141 cm³/mol. The molecule has 2 aromatic rings. The molecular formula is C25H28B2FN3O10. The number of fused-ring (bicyclic) bond motifs is 1. The Kier molecular flexibility index (Phi) is 7.02. The topological polar surface area (TPSA) is 189 Å². The highest BCUT2D eigenvalue weighted by molar-refractivity contribution is 6.39. The van der Waals surface area contributed by atoms with Gasteiger partial charge in [0.15, 0.2) is 15.7 Å². The minimum Gasteiger partial charge on any atom is -0.435 e. The lowest BCUT2D eigenvalue weighted by atomic mass is 9.51. The number of ether oxygens (including phenoxy) is 2. The molecule has 2 aromatic carbocycles. The number of aliphatic hydroxyl groups is 5. The highest BCUT2D eigenvalue weighted by Crippen LogP contribution is 2.43. The molecule has 3 atom stereocenters. The molecule has 0 saturated carbocycles. The monoisotopic (exact) mass is 571 g/mol. The van der Waals surface area contributed by atoms with Crippen LogP contribution in [0.5, 0.6) is 5.75 Å². The molecule has 0 radical (unpaired) electrons. The Labute approximate surface area is 234 Å². The van der Waals surface area contributed by atoms with Gasteiger partial charge in [0.25, 0.3) is 17.7 Å². The van der Waals surface area contributed by atoms with Crippen LogP contribution in [-0.4, -0.2) is 112 Å². The predicted octanol–water partition coefficient (Wildman–Crippen LogP) is -4.22. The molecule has 2 fully saturated rings. The van der Waals surface area contributed by atoms with Crippen LogP contribution < -0.4 is 10.1 Å². The third-order valence-electron chi connectivity index (χ3n) is 8.07. The number of benzene rings is 2. The van der Waals surface area contributed by atoms with Gasteiger partial charge in [0.2, 0.25) is 5.72 Å². The zero-order valence-corrected chi connectivity index (χ0v) is 22.3. The molecule has 216 valence electrons. The van der Waals surface area contributed by atoms with Crippen LogP contribution in [0.15, 0.2) is 36.4 Å². The number of carbonyl (C=O) groups is 3. The van der Waals surface area contributed by atoms with E-state index in [1.54, 1.807) is 5.32 Å². The van der Waals surface area contributed by atoms with Crippen molar-refractivity contribution in [2.24, 2.45) is 0 Å². The van der Waals surface area contributed by atoms with Crippen LogP contribution in [0.25, 0.3) is 0 Å². The molecule has 2 saturated heterocycles. The van der Waals surface area contributed by atoms with Crippen molar-refractivity contribution in [3.8, 4) is 5.75 Å². The SMILES string of the molecule is BC1(O)C(=O)NC(=O)C(O)(N2Cc3c(OC(O)(O)c4cc(CN5CCOCC5)ccc4F)cccc3C2=O)C1(B)O. The van der Waals surface area contributed by atoms with Crippen molar-refractivity contribution in [2.75, 3.05) is 26.3 Å². The van der Waals surface area contributed by atoms with Crippen LogP contribution in [0.3, 0.4) is 0 Å². The Morgan fingerprint density at radius 2 is 1.73 bits per heavy atom. The first-order chi connectivity index (χ1) is 19.1. The molecule has 0 bridgehead atoms. The third kappa shape index (κ3) is 4.52. The number of carbonyl (C=O) groups excluding carboxylic acids is 3. The van der Waals surface area contributed by atoms with Crippen molar-refractivity contribution >= 4 is 33.4 Å². The summed E-state index contributed by atoms with van der Waals surface area (Å²) in [5.41, 5.74) is -8.90. The van der Waals surface area contributed by atoms with E-state index < -0.39 is 58.3 Å². The van der Waals surface area contributed by atoms with Crippen molar-refractivity contribution in [1.29, 1.82) is 0 Å². The fourth-order valence-electron chi connectivity index (χ4n) is 5.29. The summed E-state index contributed by atoms with van der Waals surface area (Å²) in [4.78, 5) is 40.9. The van der Waals surface area contributed by atoms with Crippen molar-refractivity contribution < 1.29 is 53.8 Å². The van der Waals surface area contributed by atoms with Crippen molar-refractivity contribution in [3.05, 3.63) is 64.5 Å². The standard InChI is InChI=1S/C25H28B2FN3O10/c26-22(35)20(33)29-21(34)23(36,25(22,27)39)31-12-15-14(19(31)32)2-1-3-18(15)41-24(37,38)16-10-13(4-5-17(16)28)11-30-6-8-40-9-7-30/h1-5,10,35-39H,6-9,11-12,26-27H2,(H,29,33,34). The maximum atomic E-state index is 14.8. The first-order valence-corrected chi connectivity index (χ1v) is 12.8. The molecule has 3 amide bonds. The van der Waals surface area contributed by atoms with Crippen LogP contribution in [0, 0.1) is 5.82 Å². The lowest BCUT2D eigenvalue weighted by molar-refractivity contribution is -0.305. The summed E-state index contributed by atoms with van der Waals surface area (Å²) in [6, 6.07) is 7.70. The van der Waals surface area contributed by atoms with Gasteiger partial charge in [-0.1, -0.05) is 12.1 Å². The Bertz CT molecular complexity index is 1430. The third-order valence-corrected chi connectivity index (χ3v) is 8.07. The molecule has 16 heteroatoms. The first-order valence-electron chi connectivity index (χ1n) is 12.8. The van der Waals surface area contributed by atoms with E-state index in [4.69, 9.17) is 9.47 Å². The summed E-state index contributed by atoms with van der Waals surface area (Å²) >= 11 is 0. The van der Waals surface area contributed by atoms with E-state index in [0.29, 0.717) is 43.3 Å². The van der Waals surface area contributed by atoms with Crippen LogP contribution in [0.2, 0.25) is 0 Å². The summed E-state index contributed by atoms with van der Waals surface area (Å²) in [6.45, 7) is 2.14. The number of halogens is 1. The van der Waals surface area contributed by atoms with E-state index in [1.807, 2.05) is 4.90 Å². The number of hydrogen-bond acceptors (Lipinski definition) is 11. The van der Waals surface area contributed by atoms with Gasteiger partial charge in [0.05, 0.1) is 25.3 Å². The summed E-state index contributed by atoms with van der Waals surface area (Å²) < 4.78 is 25.6. The Hall–Kier alpha value is -3.37. The molecular weight excluding hydrogens is 543 g/mol. The van der Waals surface area contributed by atoms with Gasteiger partial charge in [-0.05, 0) is 29.8 Å². The first kappa shape index (κ1) is 29.1. The number of morpholine rings is 1. The van der Waals surface area contributed by atoms with Gasteiger partial charge >= 0.3 is 5.97 Å². The van der Waals surface area contributed by atoms with Gasteiger partial charge in [-0.3, -0.25) is 29.5 Å². The molecule has 41 heavy (non-hydrogen) atoms. The molecule has 3 aliphatic heterocycles. The largest absolute Gasteiger partial charge is 0.435 e. The smallest absolute Gasteiger partial charge is 0.354 e. The normalized spacial score (nSPS) is 28.9.